The van der Waals surface area contributed by atoms with Gasteiger partial charge in [0.2, 0.25) is 0 Å². The first kappa shape index (κ1) is 16.0. The molecule has 2 aromatic rings. The van der Waals surface area contributed by atoms with Crippen molar-refractivity contribution in [3.8, 4) is 0 Å². The molecule has 23 heavy (non-hydrogen) atoms. The van der Waals surface area contributed by atoms with Gasteiger partial charge in [-0.3, -0.25) is 4.98 Å². The van der Waals surface area contributed by atoms with Crippen molar-refractivity contribution >= 4 is 0 Å². The first-order valence-electron chi connectivity index (χ1n) is 7.21. The van der Waals surface area contributed by atoms with Gasteiger partial charge in [0, 0.05) is 30.7 Å². The largest absolute Gasteiger partial charge is 0.416 e. The number of hydrogen-bond acceptors (Lipinski definition) is 4. The van der Waals surface area contributed by atoms with E-state index < -0.39 is 22.8 Å². The normalized spacial score (nSPS) is 23.6. The van der Waals surface area contributed by atoms with Crippen LogP contribution in [0.15, 0.2) is 29.0 Å². The Balaban J connectivity index is 2.10. The molecule has 0 aliphatic heterocycles. The van der Waals surface area contributed by atoms with Gasteiger partial charge in [0.25, 0.3) is 0 Å². The van der Waals surface area contributed by atoms with E-state index >= 15 is 0 Å². The van der Waals surface area contributed by atoms with E-state index in [9.17, 15) is 13.2 Å². The molecule has 0 fully saturated rings. The van der Waals surface area contributed by atoms with E-state index in [0.717, 1.165) is 23.5 Å². The maximum Gasteiger partial charge on any atom is 0.416 e. The molecular weight excluding hydrogens is 309 g/mol. The number of ether oxygens (including phenoxy) is 1. The Morgan fingerprint density at radius 1 is 1.30 bits per heavy atom. The highest BCUT2D eigenvalue weighted by molar-refractivity contribution is 5.34. The molecule has 7 heteroatoms. The predicted molar refractivity (Wildman–Crippen MR) is 75.8 cm³/mol. The van der Waals surface area contributed by atoms with Gasteiger partial charge in [-0.2, -0.15) is 13.2 Å². The first-order chi connectivity index (χ1) is 10.7. The zero-order chi connectivity index (χ0) is 16.9. The van der Waals surface area contributed by atoms with E-state index in [4.69, 9.17) is 9.26 Å². The molecule has 3 rings (SSSR count). The number of alkyl halides is 3. The minimum Gasteiger partial charge on any atom is -0.372 e. The van der Waals surface area contributed by atoms with Crippen molar-refractivity contribution in [1.29, 1.82) is 0 Å². The topological polar surface area (TPSA) is 48.2 Å². The lowest BCUT2D eigenvalue weighted by Crippen LogP contribution is -2.43. The Labute approximate surface area is 131 Å². The summed E-state index contributed by atoms with van der Waals surface area (Å²) in [6.45, 7) is 3.91. The van der Waals surface area contributed by atoms with Crippen LogP contribution in [0.5, 0.6) is 0 Å². The molecule has 1 aliphatic carbocycles. The lowest BCUT2D eigenvalue weighted by Gasteiger charge is -2.42. The van der Waals surface area contributed by atoms with Crippen molar-refractivity contribution in [1.82, 2.24) is 10.1 Å². The molecule has 0 saturated heterocycles. The second-order valence-corrected chi connectivity index (χ2v) is 6.54. The molecule has 0 N–H and O–H groups in total. The SMILES string of the molecule is COC1(c2cc(C(F)(F)F)ccn2)Cc2cnoc2C(C)(C)C1. The number of pyridine rings is 1. The van der Waals surface area contributed by atoms with E-state index in [1.165, 1.54) is 13.3 Å². The summed E-state index contributed by atoms with van der Waals surface area (Å²) in [4.78, 5) is 4.17. The summed E-state index contributed by atoms with van der Waals surface area (Å²) in [5.74, 6) is 0.747. The molecule has 0 bridgehead atoms. The lowest BCUT2D eigenvalue weighted by atomic mass is 9.68. The van der Waals surface area contributed by atoms with Crippen LogP contribution in [0.1, 0.15) is 42.8 Å². The highest BCUT2D eigenvalue weighted by Crippen LogP contribution is 2.47. The minimum atomic E-state index is -4.42. The molecule has 2 aromatic heterocycles. The van der Waals surface area contributed by atoms with Gasteiger partial charge >= 0.3 is 6.18 Å². The number of hydrogen-bond donors (Lipinski definition) is 0. The fraction of sp³-hybridized carbons (Fsp3) is 0.500. The van der Waals surface area contributed by atoms with Crippen molar-refractivity contribution in [2.45, 2.75) is 43.9 Å². The molecule has 1 unspecified atom stereocenters. The molecule has 0 amide bonds. The fourth-order valence-corrected chi connectivity index (χ4v) is 3.39. The Kier molecular flexibility index (Phi) is 3.51. The van der Waals surface area contributed by atoms with Crippen LogP contribution in [0.4, 0.5) is 13.2 Å². The predicted octanol–water partition coefficient (Wildman–Crippen LogP) is 3.85. The maximum atomic E-state index is 13.0. The van der Waals surface area contributed by atoms with E-state index in [1.807, 2.05) is 13.8 Å². The molecule has 2 heterocycles. The average Bonchev–Trinajstić information content (AvgIpc) is 2.95. The smallest absolute Gasteiger partial charge is 0.372 e. The monoisotopic (exact) mass is 326 g/mol. The van der Waals surface area contributed by atoms with Gasteiger partial charge < -0.3 is 9.26 Å². The maximum absolute atomic E-state index is 13.0. The van der Waals surface area contributed by atoms with Gasteiger partial charge in [-0.05, 0) is 18.6 Å². The summed E-state index contributed by atoms with van der Waals surface area (Å²) in [5, 5.41) is 3.82. The number of fused-ring (bicyclic) bond motifs is 1. The van der Waals surface area contributed by atoms with Crippen LogP contribution in [0, 0.1) is 0 Å². The van der Waals surface area contributed by atoms with Crippen LogP contribution in [0.3, 0.4) is 0 Å². The molecule has 0 spiro atoms. The quantitative estimate of drug-likeness (QED) is 0.841. The van der Waals surface area contributed by atoms with Gasteiger partial charge in [0.1, 0.15) is 11.4 Å². The molecule has 0 radical (unpaired) electrons. The van der Waals surface area contributed by atoms with Crippen molar-refractivity contribution in [2.24, 2.45) is 0 Å². The van der Waals surface area contributed by atoms with Crippen molar-refractivity contribution in [3.63, 3.8) is 0 Å². The molecule has 1 atom stereocenters. The van der Waals surface area contributed by atoms with Crippen molar-refractivity contribution in [2.75, 3.05) is 7.11 Å². The van der Waals surface area contributed by atoms with Crippen LogP contribution < -0.4 is 0 Å². The first-order valence-corrected chi connectivity index (χ1v) is 7.21. The van der Waals surface area contributed by atoms with Gasteiger partial charge in [0.15, 0.2) is 0 Å². The van der Waals surface area contributed by atoms with E-state index in [-0.39, 0.29) is 5.69 Å². The van der Waals surface area contributed by atoms with Crippen LogP contribution in [-0.4, -0.2) is 17.3 Å². The Hall–Kier alpha value is -1.89. The third-order valence-corrected chi connectivity index (χ3v) is 4.41. The van der Waals surface area contributed by atoms with Crippen molar-refractivity contribution < 1.29 is 22.4 Å². The van der Waals surface area contributed by atoms with E-state index in [2.05, 4.69) is 10.1 Å². The number of rotatable bonds is 2. The number of halogens is 3. The summed E-state index contributed by atoms with van der Waals surface area (Å²) in [6, 6.07) is 2.03. The summed E-state index contributed by atoms with van der Waals surface area (Å²) in [5.41, 5.74) is -0.982. The van der Waals surface area contributed by atoms with Gasteiger partial charge in [-0.25, -0.2) is 0 Å². The Morgan fingerprint density at radius 2 is 2.04 bits per heavy atom. The van der Waals surface area contributed by atoms with Crippen LogP contribution in [-0.2, 0) is 28.4 Å². The van der Waals surface area contributed by atoms with E-state index in [0.29, 0.717) is 12.8 Å². The van der Waals surface area contributed by atoms with Crippen LogP contribution in [0.25, 0.3) is 0 Å². The standard InChI is InChI=1S/C16H17F3N2O2/c1-14(2)9-15(22-3,7-10-8-21-23-13(10)14)12-6-11(4-5-20-12)16(17,18)19/h4-6,8H,7,9H2,1-3H3. The second kappa shape index (κ2) is 5.06. The van der Waals surface area contributed by atoms with E-state index in [1.54, 1.807) is 6.20 Å². The molecule has 124 valence electrons. The highest BCUT2D eigenvalue weighted by atomic mass is 19.4. The Morgan fingerprint density at radius 3 is 2.70 bits per heavy atom. The summed E-state index contributed by atoms with van der Waals surface area (Å²) < 4.78 is 50.0. The summed E-state index contributed by atoms with van der Waals surface area (Å²) >= 11 is 0. The average molecular weight is 326 g/mol. The second-order valence-electron chi connectivity index (χ2n) is 6.54. The van der Waals surface area contributed by atoms with Crippen molar-refractivity contribution in [3.05, 3.63) is 47.1 Å². The van der Waals surface area contributed by atoms with Gasteiger partial charge in [-0.1, -0.05) is 19.0 Å². The molecular formula is C16H17F3N2O2. The Bertz CT molecular complexity index is 724. The molecule has 1 aliphatic rings. The summed E-state index contributed by atoms with van der Waals surface area (Å²) in [7, 11) is 1.50. The number of methoxy groups -OCH3 is 1. The zero-order valence-electron chi connectivity index (χ0n) is 13.1. The van der Waals surface area contributed by atoms with Crippen LogP contribution in [0.2, 0.25) is 0 Å². The number of nitrogens with zero attached hydrogens (tertiary/aromatic N) is 2. The zero-order valence-corrected chi connectivity index (χ0v) is 13.1. The minimum absolute atomic E-state index is 0.273. The molecule has 0 aromatic carbocycles. The third kappa shape index (κ3) is 2.63. The van der Waals surface area contributed by atoms with Crippen LogP contribution >= 0.6 is 0 Å². The molecule has 4 nitrogen and oxygen atoms in total. The van der Waals surface area contributed by atoms with Gasteiger partial charge in [-0.15, -0.1) is 0 Å². The highest BCUT2D eigenvalue weighted by Gasteiger charge is 2.48. The van der Waals surface area contributed by atoms with Gasteiger partial charge in [0.05, 0.1) is 17.5 Å². The molecule has 0 saturated carbocycles. The number of aromatic nitrogens is 2. The fourth-order valence-electron chi connectivity index (χ4n) is 3.39. The summed E-state index contributed by atoms with van der Waals surface area (Å²) in [6.07, 6.45) is -0.821. The third-order valence-electron chi connectivity index (χ3n) is 4.41. The lowest BCUT2D eigenvalue weighted by molar-refractivity contribution is -0.138.